The molecule has 4 rings (SSSR count). The number of non-ortho nitro benzene ring substituents is 1. The van der Waals surface area contributed by atoms with Crippen LogP contribution in [0, 0.1) is 10.1 Å². The summed E-state index contributed by atoms with van der Waals surface area (Å²) in [4.78, 5) is 28.2. The van der Waals surface area contributed by atoms with E-state index >= 15 is 0 Å². The summed E-state index contributed by atoms with van der Waals surface area (Å²) < 4.78 is 1.89. The number of nitrogens with zero attached hydrogens (tertiary/aromatic N) is 3. The number of hydrogen-bond donors (Lipinski definition) is 1. The molecule has 1 aromatic heterocycles. The Morgan fingerprint density at radius 2 is 1.78 bits per heavy atom. The van der Waals surface area contributed by atoms with Crippen molar-refractivity contribution in [3.63, 3.8) is 0 Å². The number of nitro benzene ring substituents is 1. The first kappa shape index (κ1) is 17.5. The van der Waals surface area contributed by atoms with Crippen LogP contribution in [-0.2, 0) is 0 Å². The van der Waals surface area contributed by atoms with Crippen LogP contribution in [0.25, 0.3) is 11.0 Å². The molecule has 1 unspecified atom stereocenters. The maximum atomic E-state index is 12.4. The molecule has 0 radical (unpaired) electrons. The molecule has 3 aromatic rings. The van der Waals surface area contributed by atoms with Crippen molar-refractivity contribution in [2.75, 3.05) is 13.1 Å². The molecule has 2 aromatic carbocycles. The molecule has 1 N–H and O–H groups in total. The van der Waals surface area contributed by atoms with Crippen LogP contribution in [0.2, 0.25) is 0 Å². The molecular weight excluding hydrogens is 344 g/mol. The van der Waals surface area contributed by atoms with E-state index in [0.29, 0.717) is 0 Å². The third-order valence-corrected chi connectivity index (χ3v) is 5.62. The van der Waals surface area contributed by atoms with E-state index < -0.39 is 0 Å². The number of likely N-dealkylation sites (tertiary alicyclic amines) is 1. The Bertz CT molecular complexity index is 1010. The molecule has 7 heteroatoms. The minimum atomic E-state index is -0.376. The van der Waals surface area contributed by atoms with Crippen molar-refractivity contribution in [3.05, 3.63) is 74.7 Å². The van der Waals surface area contributed by atoms with Crippen molar-refractivity contribution in [1.82, 2.24) is 14.5 Å². The molecule has 140 valence electrons. The molecule has 0 amide bonds. The zero-order valence-electron chi connectivity index (χ0n) is 15.2. The number of imidazole rings is 1. The molecule has 1 aliphatic rings. The summed E-state index contributed by atoms with van der Waals surface area (Å²) in [6, 6.07) is 15.0. The monoisotopic (exact) mass is 366 g/mol. The van der Waals surface area contributed by atoms with Crippen molar-refractivity contribution in [1.29, 1.82) is 0 Å². The lowest BCUT2D eigenvalue weighted by Crippen LogP contribution is -2.38. The van der Waals surface area contributed by atoms with E-state index in [-0.39, 0.29) is 28.4 Å². The van der Waals surface area contributed by atoms with E-state index in [1.54, 1.807) is 12.1 Å². The Labute approximate surface area is 156 Å². The predicted molar refractivity (Wildman–Crippen MR) is 104 cm³/mol. The molecule has 1 aliphatic heterocycles. The Morgan fingerprint density at radius 1 is 1.11 bits per heavy atom. The highest BCUT2D eigenvalue weighted by molar-refractivity contribution is 5.75. The molecule has 7 nitrogen and oxygen atoms in total. The van der Waals surface area contributed by atoms with Crippen molar-refractivity contribution in [3.8, 4) is 0 Å². The first-order chi connectivity index (χ1) is 13.0. The highest BCUT2D eigenvalue weighted by Crippen LogP contribution is 2.30. The van der Waals surface area contributed by atoms with Gasteiger partial charge in [-0.25, -0.2) is 4.79 Å². The quantitative estimate of drug-likeness (QED) is 0.564. The van der Waals surface area contributed by atoms with Crippen LogP contribution in [0.4, 0.5) is 5.69 Å². The van der Waals surface area contributed by atoms with Crippen LogP contribution in [0.1, 0.15) is 37.4 Å². The van der Waals surface area contributed by atoms with E-state index in [1.165, 1.54) is 0 Å². The smallest absolute Gasteiger partial charge is 0.306 e. The third kappa shape index (κ3) is 3.26. The van der Waals surface area contributed by atoms with Crippen molar-refractivity contribution in [2.45, 2.75) is 31.8 Å². The van der Waals surface area contributed by atoms with E-state index in [1.807, 2.05) is 41.0 Å². The maximum Gasteiger partial charge on any atom is 0.326 e. The Morgan fingerprint density at radius 3 is 2.44 bits per heavy atom. The number of rotatable bonds is 4. The zero-order chi connectivity index (χ0) is 19.0. The number of aromatic nitrogens is 2. The topological polar surface area (TPSA) is 84.2 Å². The molecule has 0 aliphatic carbocycles. The van der Waals surface area contributed by atoms with Crippen LogP contribution in [-0.4, -0.2) is 32.5 Å². The van der Waals surface area contributed by atoms with Gasteiger partial charge in [-0.05, 0) is 37.5 Å². The molecule has 0 spiro atoms. The summed E-state index contributed by atoms with van der Waals surface area (Å²) >= 11 is 0. The van der Waals surface area contributed by atoms with Gasteiger partial charge in [0.1, 0.15) is 0 Å². The normalized spacial score (nSPS) is 17.2. The Kier molecular flexibility index (Phi) is 4.53. The molecular formula is C20H22N4O3. The first-order valence-corrected chi connectivity index (χ1v) is 9.22. The van der Waals surface area contributed by atoms with Gasteiger partial charge >= 0.3 is 5.69 Å². The molecule has 0 saturated carbocycles. The lowest BCUT2D eigenvalue weighted by Gasteiger charge is -2.36. The van der Waals surface area contributed by atoms with Crippen LogP contribution < -0.4 is 5.69 Å². The first-order valence-electron chi connectivity index (χ1n) is 9.22. The Balaban J connectivity index is 1.47. The van der Waals surface area contributed by atoms with Crippen molar-refractivity contribution < 1.29 is 4.92 Å². The number of para-hydroxylation sites is 2. The van der Waals surface area contributed by atoms with Gasteiger partial charge in [0, 0.05) is 37.3 Å². The molecule has 1 atom stereocenters. The highest BCUT2D eigenvalue weighted by Gasteiger charge is 2.26. The lowest BCUT2D eigenvalue weighted by molar-refractivity contribution is -0.384. The van der Waals surface area contributed by atoms with E-state index in [4.69, 9.17) is 0 Å². The molecule has 1 fully saturated rings. The van der Waals surface area contributed by atoms with Gasteiger partial charge in [0.05, 0.1) is 16.0 Å². The molecule has 27 heavy (non-hydrogen) atoms. The number of H-pyrrole nitrogens is 1. The third-order valence-electron chi connectivity index (χ3n) is 5.62. The fourth-order valence-corrected chi connectivity index (χ4v) is 4.05. The summed E-state index contributed by atoms with van der Waals surface area (Å²) in [5.41, 5.74) is 2.98. The average Bonchev–Trinajstić information content (AvgIpc) is 3.03. The summed E-state index contributed by atoms with van der Waals surface area (Å²) in [5.74, 6) is 0. The zero-order valence-corrected chi connectivity index (χ0v) is 15.2. The van der Waals surface area contributed by atoms with Gasteiger partial charge in [-0.15, -0.1) is 0 Å². The summed E-state index contributed by atoms with van der Waals surface area (Å²) in [6.07, 6.45) is 1.80. The lowest BCUT2D eigenvalue weighted by atomic mass is 9.99. The standard InChI is InChI=1S/C20H22N4O3/c1-14(15-6-8-17(9-7-15)24(26)27)22-12-10-16(11-13-22)23-19-5-3-2-4-18(19)21-20(23)25/h2-9,14,16H,10-13H2,1H3,(H,21,25). The average molecular weight is 366 g/mol. The maximum absolute atomic E-state index is 12.4. The number of aromatic amines is 1. The van der Waals surface area contributed by atoms with E-state index in [9.17, 15) is 14.9 Å². The van der Waals surface area contributed by atoms with Crippen LogP contribution in [0.15, 0.2) is 53.3 Å². The van der Waals surface area contributed by atoms with E-state index in [2.05, 4.69) is 16.8 Å². The van der Waals surface area contributed by atoms with Crippen LogP contribution >= 0.6 is 0 Å². The fraction of sp³-hybridized carbons (Fsp3) is 0.350. The van der Waals surface area contributed by atoms with Gasteiger partial charge in [-0.2, -0.15) is 0 Å². The fourth-order valence-electron chi connectivity index (χ4n) is 4.05. The number of hydrogen-bond acceptors (Lipinski definition) is 4. The molecule has 1 saturated heterocycles. The number of benzene rings is 2. The van der Waals surface area contributed by atoms with Crippen LogP contribution in [0.5, 0.6) is 0 Å². The molecule has 2 heterocycles. The minimum Gasteiger partial charge on any atom is -0.306 e. The second kappa shape index (κ2) is 7.00. The van der Waals surface area contributed by atoms with Gasteiger partial charge in [0.25, 0.3) is 5.69 Å². The second-order valence-electron chi connectivity index (χ2n) is 7.11. The number of fused-ring (bicyclic) bond motifs is 1. The van der Waals surface area contributed by atoms with Gasteiger partial charge in [-0.1, -0.05) is 24.3 Å². The summed E-state index contributed by atoms with van der Waals surface area (Å²) in [6.45, 7) is 3.89. The predicted octanol–water partition coefficient (Wildman–Crippen LogP) is 3.64. The highest BCUT2D eigenvalue weighted by atomic mass is 16.6. The van der Waals surface area contributed by atoms with Crippen LogP contribution in [0.3, 0.4) is 0 Å². The Hall–Kier alpha value is -2.93. The second-order valence-corrected chi connectivity index (χ2v) is 7.11. The van der Waals surface area contributed by atoms with Gasteiger partial charge in [-0.3, -0.25) is 19.6 Å². The summed E-state index contributed by atoms with van der Waals surface area (Å²) in [5, 5.41) is 10.8. The van der Waals surface area contributed by atoms with Crippen molar-refractivity contribution in [2.24, 2.45) is 0 Å². The number of nitrogens with one attached hydrogen (secondary N) is 1. The van der Waals surface area contributed by atoms with E-state index in [0.717, 1.165) is 42.5 Å². The van der Waals surface area contributed by atoms with Gasteiger partial charge in [0.2, 0.25) is 0 Å². The SMILES string of the molecule is CC(c1ccc([N+](=O)[O-])cc1)N1CCC(n2c(=O)[nH]c3ccccc32)CC1. The van der Waals surface area contributed by atoms with Crippen molar-refractivity contribution >= 4 is 16.7 Å². The number of piperidine rings is 1. The van der Waals surface area contributed by atoms with Gasteiger partial charge in [0.15, 0.2) is 0 Å². The minimum absolute atomic E-state index is 0.0435. The largest absolute Gasteiger partial charge is 0.326 e. The molecule has 0 bridgehead atoms. The van der Waals surface area contributed by atoms with Gasteiger partial charge < -0.3 is 4.98 Å². The number of nitro groups is 1. The summed E-state index contributed by atoms with van der Waals surface area (Å²) in [7, 11) is 0.